The smallest absolute Gasteiger partial charge is 0.191 e. The zero-order valence-electron chi connectivity index (χ0n) is 17.8. The molecule has 6 heteroatoms. The van der Waals surface area contributed by atoms with Crippen molar-refractivity contribution in [3.05, 3.63) is 29.8 Å². The molecule has 2 aliphatic heterocycles. The Bertz CT molecular complexity index is 641. The number of ether oxygens (including phenoxy) is 1. The fourth-order valence-corrected chi connectivity index (χ4v) is 4.28. The molecule has 2 aliphatic rings. The van der Waals surface area contributed by atoms with E-state index in [1.165, 1.54) is 44.5 Å². The lowest BCUT2D eigenvalue weighted by Gasteiger charge is -2.38. The lowest BCUT2D eigenvalue weighted by Crippen LogP contribution is -2.45. The van der Waals surface area contributed by atoms with Crippen molar-refractivity contribution in [1.29, 1.82) is 0 Å². The zero-order valence-corrected chi connectivity index (χ0v) is 20.2. The molecule has 1 fully saturated rings. The number of rotatable bonds is 5. The van der Waals surface area contributed by atoms with Gasteiger partial charge < -0.3 is 20.3 Å². The van der Waals surface area contributed by atoms with Crippen LogP contribution in [-0.4, -0.2) is 49.7 Å². The minimum Gasteiger partial charge on any atom is -0.487 e. The third-order valence-corrected chi connectivity index (χ3v) is 5.91. The number of nitrogens with zero attached hydrogens (tertiary/aromatic N) is 2. The van der Waals surface area contributed by atoms with E-state index >= 15 is 0 Å². The summed E-state index contributed by atoms with van der Waals surface area (Å²) in [6, 6.07) is 8.53. The minimum absolute atomic E-state index is 0. The number of likely N-dealkylation sites (tertiary alicyclic amines) is 1. The van der Waals surface area contributed by atoms with Crippen LogP contribution >= 0.6 is 24.0 Å². The highest BCUT2D eigenvalue weighted by molar-refractivity contribution is 14.0. The van der Waals surface area contributed by atoms with Crippen molar-refractivity contribution in [2.45, 2.75) is 58.1 Å². The first kappa shape index (κ1) is 23.3. The monoisotopic (exact) mass is 500 g/mol. The van der Waals surface area contributed by atoms with Gasteiger partial charge in [-0.2, -0.15) is 0 Å². The SMILES string of the molecule is CCN1CCC(CCNC(=NC)NC2CC(C)(C)Oc3ccccc32)CC1.I. The predicted molar refractivity (Wildman–Crippen MR) is 128 cm³/mol. The first-order valence-corrected chi connectivity index (χ1v) is 10.5. The molecule has 1 atom stereocenters. The summed E-state index contributed by atoms with van der Waals surface area (Å²) >= 11 is 0. The maximum absolute atomic E-state index is 6.14. The van der Waals surface area contributed by atoms with Gasteiger partial charge in [-0.05, 0) is 64.7 Å². The molecule has 0 radical (unpaired) electrons. The minimum atomic E-state index is -0.182. The molecule has 1 unspecified atom stereocenters. The third-order valence-electron chi connectivity index (χ3n) is 5.91. The Morgan fingerprint density at radius 3 is 2.64 bits per heavy atom. The number of halogens is 1. The Balaban J connectivity index is 0.00000280. The molecular formula is C22H37IN4O. The first-order valence-electron chi connectivity index (χ1n) is 10.5. The number of benzene rings is 1. The Kier molecular flexibility index (Phi) is 8.86. The van der Waals surface area contributed by atoms with E-state index in [-0.39, 0.29) is 35.6 Å². The molecule has 1 saturated heterocycles. The van der Waals surface area contributed by atoms with E-state index in [4.69, 9.17) is 4.74 Å². The second-order valence-electron chi connectivity index (χ2n) is 8.47. The van der Waals surface area contributed by atoms with Crippen molar-refractivity contribution in [2.75, 3.05) is 33.2 Å². The summed E-state index contributed by atoms with van der Waals surface area (Å²) in [6.45, 7) is 11.2. The Morgan fingerprint density at radius 2 is 1.96 bits per heavy atom. The number of hydrogen-bond donors (Lipinski definition) is 2. The van der Waals surface area contributed by atoms with Crippen LogP contribution in [0.15, 0.2) is 29.3 Å². The van der Waals surface area contributed by atoms with Crippen molar-refractivity contribution in [3.63, 3.8) is 0 Å². The topological polar surface area (TPSA) is 48.9 Å². The average Bonchev–Trinajstić information content (AvgIpc) is 2.66. The maximum Gasteiger partial charge on any atom is 0.191 e. The summed E-state index contributed by atoms with van der Waals surface area (Å²) in [7, 11) is 1.85. The fourth-order valence-electron chi connectivity index (χ4n) is 4.28. The standard InChI is InChI=1S/C22H36N4O.HI/c1-5-26-14-11-17(12-15-26)10-13-24-21(23-4)25-19-16-22(2,3)27-20-9-7-6-8-18(19)20;/h6-9,17,19H,5,10-16H2,1-4H3,(H2,23,24,25);1H. The lowest BCUT2D eigenvalue weighted by atomic mass is 9.90. The number of hydrogen-bond acceptors (Lipinski definition) is 3. The van der Waals surface area contributed by atoms with Gasteiger partial charge in [0, 0.05) is 25.6 Å². The first-order chi connectivity index (χ1) is 13.0. The van der Waals surface area contributed by atoms with E-state index in [0.717, 1.165) is 30.6 Å². The van der Waals surface area contributed by atoms with Crippen molar-refractivity contribution in [3.8, 4) is 5.75 Å². The molecule has 0 aliphatic carbocycles. The largest absolute Gasteiger partial charge is 0.487 e. The van der Waals surface area contributed by atoms with Crippen LogP contribution in [0.25, 0.3) is 0 Å². The molecule has 0 amide bonds. The van der Waals surface area contributed by atoms with Crippen LogP contribution in [0, 0.1) is 5.92 Å². The molecule has 158 valence electrons. The Hall–Kier alpha value is -1.02. The van der Waals surface area contributed by atoms with Gasteiger partial charge in [0.15, 0.2) is 5.96 Å². The summed E-state index contributed by atoms with van der Waals surface area (Å²) < 4.78 is 6.14. The molecule has 1 aromatic rings. The van der Waals surface area contributed by atoms with Crippen molar-refractivity contribution >= 4 is 29.9 Å². The Labute approximate surface area is 187 Å². The van der Waals surface area contributed by atoms with E-state index in [1.807, 2.05) is 13.1 Å². The van der Waals surface area contributed by atoms with Gasteiger partial charge in [-0.3, -0.25) is 4.99 Å². The van der Waals surface area contributed by atoms with Gasteiger partial charge in [-0.25, -0.2) is 0 Å². The van der Waals surface area contributed by atoms with Gasteiger partial charge in [0.05, 0.1) is 6.04 Å². The molecule has 0 spiro atoms. The van der Waals surface area contributed by atoms with E-state index < -0.39 is 0 Å². The molecule has 28 heavy (non-hydrogen) atoms. The van der Waals surface area contributed by atoms with Crippen LogP contribution in [0.4, 0.5) is 0 Å². The van der Waals surface area contributed by atoms with Gasteiger partial charge in [-0.15, -0.1) is 24.0 Å². The molecule has 0 bridgehead atoms. The van der Waals surface area contributed by atoms with Crippen LogP contribution in [0.3, 0.4) is 0 Å². The lowest BCUT2D eigenvalue weighted by molar-refractivity contribution is 0.0694. The molecule has 0 aromatic heterocycles. The number of fused-ring (bicyclic) bond motifs is 1. The Morgan fingerprint density at radius 1 is 1.25 bits per heavy atom. The summed E-state index contributed by atoms with van der Waals surface area (Å²) in [4.78, 5) is 7.01. The van der Waals surface area contributed by atoms with Gasteiger partial charge in [0.1, 0.15) is 11.4 Å². The van der Waals surface area contributed by atoms with Crippen LogP contribution in [0.1, 0.15) is 58.1 Å². The van der Waals surface area contributed by atoms with Crippen LogP contribution in [0.5, 0.6) is 5.75 Å². The van der Waals surface area contributed by atoms with E-state index in [9.17, 15) is 0 Å². The van der Waals surface area contributed by atoms with Crippen LogP contribution in [0.2, 0.25) is 0 Å². The van der Waals surface area contributed by atoms with Gasteiger partial charge >= 0.3 is 0 Å². The summed E-state index contributed by atoms with van der Waals surface area (Å²) in [5, 5.41) is 7.15. The number of para-hydroxylation sites is 1. The van der Waals surface area contributed by atoms with Crippen LogP contribution in [-0.2, 0) is 0 Å². The highest BCUT2D eigenvalue weighted by atomic mass is 127. The van der Waals surface area contributed by atoms with Gasteiger partial charge in [-0.1, -0.05) is 25.1 Å². The molecule has 2 heterocycles. The van der Waals surface area contributed by atoms with E-state index in [2.05, 4.69) is 59.5 Å². The van der Waals surface area contributed by atoms with Crippen molar-refractivity contribution in [2.24, 2.45) is 10.9 Å². The summed E-state index contributed by atoms with van der Waals surface area (Å²) in [6.07, 6.45) is 4.78. The predicted octanol–water partition coefficient (Wildman–Crippen LogP) is 4.19. The quantitative estimate of drug-likeness (QED) is 0.362. The van der Waals surface area contributed by atoms with E-state index in [0.29, 0.717) is 0 Å². The number of nitrogens with one attached hydrogen (secondary N) is 2. The van der Waals surface area contributed by atoms with E-state index in [1.54, 1.807) is 0 Å². The normalized spacial score (nSPS) is 22.6. The second kappa shape index (κ2) is 10.7. The molecule has 2 N–H and O–H groups in total. The number of piperidine rings is 1. The second-order valence-corrected chi connectivity index (χ2v) is 8.47. The highest BCUT2D eigenvalue weighted by Crippen LogP contribution is 2.39. The van der Waals surface area contributed by atoms with Crippen molar-refractivity contribution < 1.29 is 4.74 Å². The third kappa shape index (κ3) is 6.24. The average molecular weight is 500 g/mol. The highest BCUT2D eigenvalue weighted by Gasteiger charge is 2.34. The number of guanidine groups is 1. The van der Waals surface area contributed by atoms with Gasteiger partial charge in [0.25, 0.3) is 0 Å². The van der Waals surface area contributed by atoms with Crippen LogP contribution < -0.4 is 15.4 Å². The molecule has 3 rings (SSSR count). The molecular weight excluding hydrogens is 463 g/mol. The fraction of sp³-hybridized carbons (Fsp3) is 0.682. The summed E-state index contributed by atoms with van der Waals surface area (Å²) in [5.41, 5.74) is 1.03. The molecule has 5 nitrogen and oxygen atoms in total. The zero-order chi connectivity index (χ0) is 19.3. The van der Waals surface area contributed by atoms with Gasteiger partial charge in [0.2, 0.25) is 0 Å². The summed E-state index contributed by atoms with van der Waals surface area (Å²) in [5.74, 6) is 2.70. The molecule has 1 aromatic carbocycles. The number of aliphatic imine (C=N–C) groups is 1. The van der Waals surface area contributed by atoms with Crippen molar-refractivity contribution in [1.82, 2.24) is 15.5 Å². The molecule has 0 saturated carbocycles. The maximum atomic E-state index is 6.14.